The number of H-pyrrole nitrogens is 2. The van der Waals surface area contributed by atoms with Gasteiger partial charge in [-0.15, -0.1) is 0 Å². The zero-order chi connectivity index (χ0) is 38.3. The van der Waals surface area contributed by atoms with Crippen LogP contribution in [-0.2, 0) is 24.1 Å². The number of carbonyl (C=O) groups is 3. The van der Waals surface area contributed by atoms with Crippen molar-refractivity contribution >= 4 is 100 Å². The molecule has 9 rings (SSSR count). The summed E-state index contributed by atoms with van der Waals surface area (Å²) in [6.07, 6.45) is 7.89. The molecule has 0 unspecified atom stereocenters. The summed E-state index contributed by atoms with van der Waals surface area (Å²) < 4.78 is 4.80. The topological polar surface area (TPSA) is 167 Å². The standard InChI is InChI=1S/C42H46N8O6.4H2S/c1-54-42(53)48-37(27-13-14-27)41(52)50-20-4-6-35(50)39-45-31-18-16-29(22-33(31)47-39)25-9-7-24(8-10-25)28-15-17-30-32(21-28)46-38(44-30)34-5-3-19-49(34)40(51)36(26-11-12-26)43-23-56-55-2;;;;/h7-10,15-18,21-23,26-27,34-37H,3-6,11-14,19-20H2,1-2H3,(H,44,46)(H,45,47)(H,48,53);4*1H2/t34-,35-,36-,37+;;;;/m0..../s1. The Hall–Kier alpha value is -4.36. The van der Waals surface area contributed by atoms with E-state index in [4.69, 9.17) is 19.6 Å². The number of benzene rings is 3. The molecule has 18 heteroatoms. The van der Waals surface area contributed by atoms with Crippen molar-refractivity contribution in [2.24, 2.45) is 16.8 Å². The summed E-state index contributed by atoms with van der Waals surface area (Å²) in [7, 11) is 2.73. The summed E-state index contributed by atoms with van der Waals surface area (Å²) in [5.74, 6) is 1.89. The van der Waals surface area contributed by atoms with Crippen LogP contribution in [0, 0.1) is 11.8 Å². The predicted molar refractivity (Wildman–Crippen MR) is 251 cm³/mol. The Morgan fingerprint density at radius 3 is 1.65 bits per heavy atom. The molecule has 5 aromatic rings. The van der Waals surface area contributed by atoms with Gasteiger partial charge in [-0.05, 0) is 110 Å². The van der Waals surface area contributed by atoms with Crippen molar-refractivity contribution in [3.63, 3.8) is 0 Å². The highest BCUT2D eigenvalue weighted by molar-refractivity contribution is 7.59. The minimum Gasteiger partial charge on any atom is -0.453 e. The van der Waals surface area contributed by atoms with Gasteiger partial charge in [0.25, 0.3) is 0 Å². The second-order valence-electron chi connectivity index (χ2n) is 15.4. The molecular weight excluding hydrogens is 841 g/mol. The second-order valence-corrected chi connectivity index (χ2v) is 15.4. The third-order valence-electron chi connectivity index (χ3n) is 11.8. The summed E-state index contributed by atoms with van der Waals surface area (Å²) >= 11 is 0. The maximum atomic E-state index is 13.7. The fraction of sp³-hybridized carbons (Fsp3) is 0.429. The zero-order valence-electron chi connectivity index (χ0n) is 33.6. The lowest BCUT2D eigenvalue weighted by Crippen LogP contribution is -2.49. The molecule has 322 valence electrons. The van der Waals surface area contributed by atoms with Crippen LogP contribution in [0.25, 0.3) is 44.3 Å². The van der Waals surface area contributed by atoms with Gasteiger partial charge in [0.15, 0.2) is 0 Å². The van der Waals surface area contributed by atoms with E-state index in [1.54, 1.807) is 0 Å². The van der Waals surface area contributed by atoms with Gasteiger partial charge in [-0.3, -0.25) is 9.59 Å². The van der Waals surface area contributed by atoms with E-state index in [0.29, 0.717) is 13.1 Å². The van der Waals surface area contributed by atoms with Crippen LogP contribution in [0.5, 0.6) is 0 Å². The third-order valence-corrected chi connectivity index (χ3v) is 11.8. The molecule has 4 fully saturated rings. The second kappa shape index (κ2) is 20.0. The Labute approximate surface area is 376 Å². The maximum Gasteiger partial charge on any atom is 0.407 e. The Bertz CT molecular complexity index is 2310. The molecule has 2 saturated carbocycles. The van der Waals surface area contributed by atoms with Gasteiger partial charge in [0.2, 0.25) is 18.2 Å². The highest BCUT2D eigenvalue weighted by Crippen LogP contribution is 2.40. The quantitative estimate of drug-likeness (QED) is 0.0518. The SMILES string of the molecule is COOC=N[C@H](C(=O)N1CCC[C@H]1c1nc2ccc(-c3ccc(-c4ccc5nc([C@@H]6CCCN6C(=O)[C@H](NC(=O)OC)C6CC6)[nH]c5c4)cc3)cc2[nH]1)C1CC1.S.S.S.S. The van der Waals surface area contributed by atoms with Gasteiger partial charge in [-0.1, -0.05) is 36.4 Å². The number of hydrogen-bond donors (Lipinski definition) is 3. The molecule has 4 atom stereocenters. The number of nitrogens with zero attached hydrogens (tertiary/aromatic N) is 5. The van der Waals surface area contributed by atoms with Gasteiger partial charge in [0, 0.05) is 13.1 Å². The average Bonchev–Trinajstić information content (AvgIpc) is 4.00. The van der Waals surface area contributed by atoms with Crippen molar-refractivity contribution in [1.82, 2.24) is 35.1 Å². The maximum absolute atomic E-state index is 13.7. The van der Waals surface area contributed by atoms with Crippen LogP contribution in [0.3, 0.4) is 0 Å². The molecule has 3 amide bonds. The molecular formula is C42H54N8O6S4. The number of hydrogen-bond acceptors (Lipinski definition) is 9. The van der Waals surface area contributed by atoms with E-state index in [2.05, 4.69) is 73.7 Å². The van der Waals surface area contributed by atoms with Crippen molar-refractivity contribution in [2.45, 2.75) is 75.5 Å². The van der Waals surface area contributed by atoms with Gasteiger partial charge in [-0.2, -0.15) is 58.9 Å². The molecule has 2 aliphatic carbocycles. The number of imidazole rings is 2. The Morgan fingerprint density at radius 1 is 0.700 bits per heavy atom. The molecule has 2 aromatic heterocycles. The van der Waals surface area contributed by atoms with Crippen molar-refractivity contribution in [3.8, 4) is 22.3 Å². The number of fused-ring (bicyclic) bond motifs is 2. The Kier molecular flexibility index (Phi) is 15.6. The van der Waals surface area contributed by atoms with Gasteiger partial charge in [0.1, 0.15) is 23.7 Å². The van der Waals surface area contributed by atoms with Gasteiger partial charge in [-0.25, -0.2) is 19.8 Å². The molecule has 3 aromatic carbocycles. The number of alkyl carbamates (subject to hydrolysis) is 1. The van der Waals surface area contributed by atoms with Crippen molar-refractivity contribution < 1.29 is 28.9 Å². The number of amides is 3. The molecule has 0 bridgehead atoms. The monoisotopic (exact) mass is 894 g/mol. The van der Waals surface area contributed by atoms with Gasteiger partial charge >= 0.3 is 6.09 Å². The van der Waals surface area contributed by atoms with Crippen LogP contribution < -0.4 is 5.32 Å². The van der Waals surface area contributed by atoms with Gasteiger partial charge < -0.3 is 34.7 Å². The Balaban J connectivity index is 0.00000171. The van der Waals surface area contributed by atoms with E-state index in [-0.39, 0.29) is 89.7 Å². The van der Waals surface area contributed by atoms with Gasteiger partial charge in [0.05, 0.1) is 48.4 Å². The lowest BCUT2D eigenvalue weighted by molar-refractivity contribution is -0.188. The van der Waals surface area contributed by atoms with E-state index in [9.17, 15) is 14.4 Å². The molecule has 60 heavy (non-hydrogen) atoms. The lowest BCUT2D eigenvalue weighted by atomic mass is 10.00. The van der Waals surface area contributed by atoms with Crippen LogP contribution in [0.1, 0.15) is 75.1 Å². The molecule has 2 aliphatic heterocycles. The molecule has 2 saturated heterocycles. The van der Waals surface area contributed by atoms with E-state index >= 15 is 0 Å². The summed E-state index contributed by atoms with van der Waals surface area (Å²) in [5.41, 5.74) is 7.82. The Morgan fingerprint density at radius 2 is 1.18 bits per heavy atom. The number of aliphatic imine (C=N–C) groups is 1. The van der Waals surface area contributed by atoms with Crippen LogP contribution >= 0.6 is 54.0 Å². The molecule has 0 radical (unpaired) electrons. The fourth-order valence-electron chi connectivity index (χ4n) is 8.50. The number of carbonyl (C=O) groups excluding carboxylic acids is 3. The highest BCUT2D eigenvalue weighted by Gasteiger charge is 2.44. The molecule has 0 spiro atoms. The molecule has 4 heterocycles. The zero-order valence-corrected chi connectivity index (χ0v) is 37.6. The first-order valence-electron chi connectivity index (χ1n) is 19.6. The van der Waals surface area contributed by atoms with E-state index < -0.39 is 18.2 Å². The molecule has 14 nitrogen and oxygen atoms in total. The first-order valence-corrected chi connectivity index (χ1v) is 19.6. The van der Waals surface area contributed by atoms with E-state index in [1.807, 2.05) is 21.9 Å². The summed E-state index contributed by atoms with van der Waals surface area (Å²) in [6.45, 7) is 1.30. The number of likely N-dealkylation sites (tertiary alicyclic amines) is 2. The first-order chi connectivity index (χ1) is 27.4. The number of aromatic amines is 2. The van der Waals surface area contributed by atoms with Crippen LogP contribution in [-0.4, -0.2) is 93.4 Å². The number of rotatable bonds is 12. The van der Waals surface area contributed by atoms with Crippen LogP contribution in [0.15, 0.2) is 65.7 Å². The number of ether oxygens (including phenoxy) is 1. The number of aromatic nitrogens is 4. The van der Waals surface area contributed by atoms with E-state index in [0.717, 1.165) is 107 Å². The lowest BCUT2D eigenvalue weighted by Gasteiger charge is -2.28. The largest absolute Gasteiger partial charge is 0.453 e. The number of methoxy groups -OCH3 is 1. The molecule has 3 N–H and O–H groups in total. The highest BCUT2D eigenvalue weighted by atomic mass is 32.1. The van der Waals surface area contributed by atoms with Crippen molar-refractivity contribution in [2.75, 3.05) is 27.3 Å². The predicted octanol–water partition coefficient (Wildman–Crippen LogP) is 7.07. The summed E-state index contributed by atoms with van der Waals surface area (Å²) in [4.78, 5) is 73.9. The first kappa shape index (κ1) is 46.7. The van der Waals surface area contributed by atoms with Crippen molar-refractivity contribution in [1.29, 1.82) is 0 Å². The molecule has 4 aliphatic rings. The summed E-state index contributed by atoms with van der Waals surface area (Å²) in [5, 5.41) is 2.77. The van der Waals surface area contributed by atoms with Crippen LogP contribution in [0.2, 0.25) is 0 Å². The summed E-state index contributed by atoms with van der Waals surface area (Å²) in [6, 6.07) is 19.6. The minimum absolute atomic E-state index is 0. The average molecular weight is 895 g/mol. The number of nitrogens with one attached hydrogen (secondary N) is 3. The van der Waals surface area contributed by atoms with Crippen LogP contribution in [0.4, 0.5) is 4.79 Å². The van der Waals surface area contributed by atoms with E-state index in [1.165, 1.54) is 20.6 Å². The normalized spacial score (nSPS) is 19.5. The smallest absolute Gasteiger partial charge is 0.407 e. The van der Waals surface area contributed by atoms with Crippen molar-refractivity contribution in [3.05, 3.63) is 72.3 Å². The third kappa shape index (κ3) is 9.57. The fourth-order valence-corrected chi connectivity index (χ4v) is 8.50. The minimum atomic E-state index is -0.579.